The van der Waals surface area contributed by atoms with Crippen LogP contribution in [-0.4, -0.2) is 56.5 Å². The largest absolute Gasteiger partial charge is 0.487 e. The van der Waals surface area contributed by atoms with Crippen LogP contribution in [0.25, 0.3) is 11.4 Å². The molecule has 0 radical (unpaired) electrons. The highest BCUT2D eigenvalue weighted by atomic mass is 19.1. The molecule has 1 amide bonds. The van der Waals surface area contributed by atoms with E-state index in [9.17, 15) is 13.6 Å². The molecule has 2 aromatic heterocycles. The van der Waals surface area contributed by atoms with Crippen molar-refractivity contribution in [3.05, 3.63) is 53.2 Å². The van der Waals surface area contributed by atoms with Gasteiger partial charge in [-0.2, -0.15) is 0 Å². The van der Waals surface area contributed by atoms with Crippen molar-refractivity contribution < 1.29 is 18.3 Å². The molecule has 0 spiro atoms. The summed E-state index contributed by atoms with van der Waals surface area (Å²) >= 11 is 0. The molecule has 1 aromatic carbocycles. The molecular formula is C24H26F2N6O2. The van der Waals surface area contributed by atoms with Gasteiger partial charge in [0.05, 0.1) is 29.8 Å². The van der Waals surface area contributed by atoms with Crippen LogP contribution in [0.3, 0.4) is 0 Å². The summed E-state index contributed by atoms with van der Waals surface area (Å²) in [6, 6.07) is 3.36. The predicted octanol–water partition coefficient (Wildman–Crippen LogP) is 3.41. The molecular weight excluding hydrogens is 442 g/mol. The zero-order chi connectivity index (χ0) is 23.8. The summed E-state index contributed by atoms with van der Waals surface area (Å²) in [7, 11) is 0. The topological polar surface area (TPSA) is 87.2 Å². The fraction of sp³-hybridized carbons (Fsp3) is 0.417. The second-order valence-electron chi connectivity index (χ2n) is 8.74. The number of nitrogens with one attached hydrogen (secondary N) is 1. The van der Waals surface area contributed by atoms with Gasteiger partial charge in [-0.1, -0.05) is 0 Å². The molecule has 5 rings (SSSR count). The second kappa shape index (κ2) is 9.00. The van der Waals surface area contributed by atoms with E-state index in [4.69, 9.17) is 14.7 Å². The van der Waals surface area contributed by atoms with E-state index in [0.29, 0.717) is 51.1 Å². The number of ether oxygens (including phenoxy) is 1. The summed E-state index contributed by atoms with van der Waals surface area (Å²) in [5, 5.41) is 0. The summed E-state index contributed by atoms with van der Waals surface area (Å²) in [5.74, 6) is 0.315. The Hall–Kier alpha value is -3.56. The van der Waals surface area contributed by atoms with Crippen molar-refractivity contribution in [2.45, 2.75) is 45.8 Å². The van der Waals surface area contributed by atoms with E-state index in [-0.39, 0.29) is 17.8 Å². The molecule has 0 bridgehead atoms. The number of benzene rings is 1. The van der Waals surface area contributed by atoms with Gasteiger partial charge in [-0.25, -0.2) is 23.7 Å². The Morgan fingerprint density at radius 3 is 2.62 bits per heavy atom. The maximum atomic E-state index is 14.0. The highest BCUT2D eigenvalue weighted by Crippen LogP contribution is 2.32. The zero-order valence-corrected chi connectivity index (χ0v) is 19.1. The van der Waals surface area contributed by atoms with Crippen LogP contribution in [0.1, 0.15) is 37.0 Å². The molecule has 0 saturated carbocycles. The maximum absolute atomic E-state index is 14.0. The number of aryl methyl sites for hydroxylation is 1. The summed E-state index contributed by atoms with van der Waals surface area (Å²) < 4.78 is 33.0. The normalized spacial score (nSPS) is 16.5. The highest BCUT2D eigenvalue weighted by Gasteiger charge is 2.29. The van der Waals surface area contributed by atoms with Crippen molar-refractivity contribution in [3.63, 3.8) is 0 Å². The molecule has 1 N–H and O–H groups in total. The monoisotopic (exact) mass is 468 g/mol. The van der Waals surface area contributed by atoms with Crippen LogP contribution in [0.15, 0.2) is 24.4 Å². The van der Waals surface area contributed by atoms with E-state index < -0.39 is 11.6 Å². The lowest BCUT2D eigenvalue weighted by Crippen LogP contribution is -2.40. The van der Waals surface area contributed by atoms with E-state index in [2.05, 4.69) is 14.9 Å². The average Bonchev–Trinajstić information content (AvgIpc) is 3.26. The lowest BCUT2D eigenvalue weighted by Gasteiger charge is -2.35. The number of hydrogen-bond donors (Lipinski definition) is 1. The number of rotatable bonds is 4. The number of anilines is 1. The molecule has 0 unspecified atom stereocenters. The van der Waals surface area contributed by atoms with Gasteiger partial charge in [-0.15, -0.1) is 0 Å². The molecule has 1 saturated heterocycles. The Kier molecular flexibility index (Phi) is 5.89. The van der Waals surface area contributed by atoms with Gasteiger partial charge in [-0.3, -0.25) is 4.79 Å². The number of aromatic amines is 1. The third kappa shape index (κ3) is 4.44. The fourth-order valence-corrected chi connectivity index (χ4v) is 4.47. The minimum absolute atomic E-state index is 0.0233. The van der Waals surface area contributed by atoms with E-state index in [0.717, 1.165) is 34.8 Å². The number of aromatic nitrogens is 4. The van der Waals surface area contributed by atoms with Crippen molar-refractivity contribution >= 4 is 11.7 Å². The van der Waals surface area contributed by atoms with Crippen LogP contribution in [0.4, 0.5) is 14.6 Å². The number of H-pyrrole nitrogens is 1. The number of carbonyl (C=O) groups is 1. The minimum Gasteiger partial charge on any atom is -0.487 e. The molecule has 0 aliphatic carbocycles. The number of fused-ring (bicyclic) bond motifs is 1. The zero-order valence-electron chi connectivity index (χ0n) is 19.1. The van der Waals surface area contributed by atoms with Crippen molar-refractivity contribution in [3.8, 4) is 17.1 Å². The minimum atomic E-state index is -0.695. The number of halogens is 2. The summed E-state index contributed by atoms with van der Waals surface area (Å²) in [6.45, 7) is 5.82. The number of piperidine rings is 1. The van der Waals surface area contributed by atoms with Gasteiger partial charge in [-0.05, 0) is 19.1 Å². The Morgan fingerprint density at radius 1 is 1.15 bits per heavy atom. The van der Waals surface area contributed by atoms with Gasteiger partial charge in [0.15, 0.2) is 17.4 Å². The average molecular weight is 469 g/mol. The molecule has 4 heterocycles. The van der Waals surface area contributed by atoms with Gasteiger partial charge in [0.1, 0.15) is 23.4 Å². The van der Waals surface area contributed by atoms with Crippen LogP contribution >= 0.6 is 0 Å². The highest BCUT2D eigenvalue weighted by molar-refractivity contribution is 5.74. The lowest BCUT2D eigenvalue weighted by molar-refractivity contribution is -0.129. The lowest BCUT2D eigenvalue weighted by atomic mass is 10.1. The van der Waals surface area contributed by atoms with Gasteiger partial charge in [0.25, 0.3) is 0 Å². The van der Waals surface area contributed by atoms with Crippen molar-refractivity contribution in [1.82, 2.24) is 24.8 Å². The standard InChI is InChI=1S/C24H26F2N6O2/c1-14-27-12-20(28-14)23-24(30-19-7-10-32(15(2)33)13-21(19)29-23)31-8-5-17(6-9-31)34-22-4-3-16(25)11-18(22)26/h3-4,11-12,17H,5-10,13H2,1-2H3,(H,27,28). The molecule has 10 heteroatoms. The number of amides is 1. The van der Waals surface area contributed by atoms with Gasteiger partial charge < -0.3 is 19.5 Å². The predicted molar refractivity (Wildman–Crippen MR) is 121 cm³/mol. The molecule has 2 aliphatic rings. The molecule has 1 fully saturated rings. The van der Waals surface area contributed by atoms with Crippen LogP contribution in [0, 0.1) is 18.6 Å². The van der Waals surface area contributed by atoms with Crippen molar-refractivity contribution in [2.75, 3.05) is 24.5 Å². The Bertz CT molecular complexity index is 1220. The van der Waals surface area contributed by atoms with Crippen LogP contribution in [-0.2, 0) is 17.8 Å². The van der Waals surface area contributed by atoms with Gasteiger partial charge in [0, 0.05) is 51.9 Å². The maximum Gasteiger partial charge on any atom is 0.219 e. The number of imidazole rings is 1. The first-order valence-corrected chi connectivity index (χ1v) is 11.4. The first-order valence-electron chi connectivity index (χ1n) is 11.4. The molecule has 3 aromatic rings. The summed E-state index contributed by atoms with van der Waals surface area (Å²) in [6.07, 6.45) is 3.54. The SMILES string of the molecule is CC(=O)N1CCc2nc(N3CCC(Oc4ccc(F)cc4F)CC3)c(-c3cnc(C)[nH]3)nc2C1. The van der Waals surface area contributed by atoms with Gasteiger partial charge in [0.2, 0.25) is 5.91 Å². The Morgan fingerprint density at radius 2 is 1.94 bits per heavy atom. The van der Waals surface area contributed by atoms with Gasteiger partial charge >= 0.3 is 0 Å². The Balaban J connectivity index is 1.38. The molecule has 8 nitrogen and oxygen atoms in total. The first kappa shape index (κ1) is 22.2. The Labute approximate surface area is 196 Å². The van der Waals surface area contributed by atoms with Crippen LogP contribution < -0.4 is 9.64 Å². The second-order valence-corrected chi connectivity index (χ2v) is 8.74. The van der Waals surface area contributed by atoms with E-state index in [1.54, 1.807) is 18.0 Å². The first-order chi connectivity index (χ1) is 16.4. The van der Waals surface area contributed by atoms with Crippen molar-refractivity contribution in [2.24, 2.45) is 0 Å². The van der Waals surface area contributed by atoms with Crippen LogP contribution in [0.2, 0.25) is 0 Å². The van der Waals surface area contributed by atoms with E-state index in [1.807, 2.05) is 6.92 Å². The third-order valence-electron chi connectivity index (χ3n) is 6.32. The number of hydrogen-bond acceptors (Lipinski definition) is 6. The molecule has 34 heavy (non-hydrogen) atoms. The van der Waals surface area contributed by atoms with Crippen molar-refractivity contribution in [1.29, 1.82) is 0 Å². The molecule has 0 atom stereocenters. The third-order valence-corrected chi connectivity index (χ3v) is 6.32. The van der Waals surface area contributed by atoms with E-state index in [1.165, 1.54) is 12.1 Å². The van der Waals surface area contributed by atoms with Crippen LogP contribution in [0.5, 0.6) is 5.75 Å². The quantitative estimate of drug-likeness (QED) is 0.632. The molecule has 2 aliphatic heterocycles. The number of carbonyl (C=O) groups excluding carboxylic acids is 1. The van der Waals surface area contributed by atoms with E-state index >= 15 is 0 Å². The summed E-state index contributed by atoms with van der Waals surface area (Å²) in [4.78, 5) is 33.3. The smallest absolute Gasteiger partial charge is 0.219 e. The number of nitrogens with zero attached hydrogens (tertiary/aromatic N) is 5. The molecule has 178 valence electrons. The summed E-state index contributed by atoms with van der Waals surface area (Å²) in [5.41, 5.74) is 3.18. The fourth-order valence-electron chi connectivity index (χ4n) is 4.47.